The highest BCUT2D eigenvalue weighted by atomic mass is 32.2. The molecule has 0 N–H and O–H groups in total. The molecule has 0 amide bonds. The summed E-state index contributed by atoms with van der Waals surface area (Å²) in [7, 11) is 0. The van der Waals surface area contributed by atoms with Crippen molar-refractivity contribution in [2.24, 2.45) is 0 Å². The number of hydrogen-bond acceptors (Lipinski definition) is 5. The largest absolute Gasteiger partial charge is 0.420 e. The number of aryl methyl sites for hydroxylation is 1. The van der Waals surface area contributed by atoms with E-state index in [4.69, 9.17) is 4.42 Å². The Balaban J connectivity index is 1.51. The number of para-hydroxylation sites is 1. The van der Waals surface area contributed by atoms with E-state index in [-0.39, 0.29) is 0 Å². The van der Waals surface area contributed by atoms with Crippen molar-refractivity contribution in [2.75, 3.05) is 0 Å². The second kappa shape index (κ2) is 6.94. The summed E-state index contributed by atoms with van der Waals surface area (Å²) in [5.74, 6) is 1.70. The molecule has 0 aliphatic heterocycles. The molecule has 0 spiro atoms. The maximum atomic E-state index is 5.76. The van der Waals surface area contributed by atoms with E-state index in [2.05, 4.69) is 38.8 Å². The third kappa shape index (κ3) is 3.34. The van der Waals surface area contributed by atoms with Gasteiger partial charge in [0.2, 0.25) is 11.8 Å². The summed E-state index contributed by atoms with van der Waals surface area (Å²) in [6, 6.07) is 18.0. The van der Waals surface area contributed by atoms with Crippen molar-refractivity contribution in [1.82, 2.24) is 19.7 Å². The lowest BCUT2D eigenvalue weighted by Crippen LogP contribution is -1.97. The summed E-state index contributed by atoms with van der Waals surface area (Å²) >= 11 is 1.57. The molecule has 0 atom stereocenters. The highest BCUT2D eigenvalue weighted by Gasteiger charge is 2.12. The summed E-state index contributed by atoms with van der Waals surface area (Å²) in [6.07, 6.45) is 3.77. The lowest BCUT2D eigenvalue weighted by molar-refractivity contribution is 0.528. The minimum atomic E-state index is 0.540. The van der Waals surface area contributed by atoms with Gasteiger partial charge in [-0.15, -0.1) is 10.2 Å². The van der Waals surface area contributed by atoms with Crippen LogP contribution in [0.15, 0.2) is 76.6 Å². The molecule has 0 aliphatic carbocycles. The van der Waals surface area contributed by atoms with Crippen LogP contribution in [0.25, 0.3) is 17.1 Å². The van der Waals surface area contributed by atoms with Gasteiger partial charge in [-0.05, 0) is 30.7 Å². The Hall–Kier alpha value is -2.86. The van der Waals surface area contributed by atoms with Crippen molar-refractivity contribution in [1.29, 1.82) is 0 Å². The fourth-order valence-electron chi connectivity index (χ4n) is 2.55. The number of nitrogens with zero attached hydrogens (tertiary/aromatic N) is 4. The lowest BCUT2D eigenvalue weighted by atomic mass is 10.2. The standard InChI is InChI=1S/C19H16N4OS/c1-14-7-5-6-10-16(14)23-12-11-20-19(23)25-13-17-21-22-18(24-17)15-8-3-2-4-9-15/h2-12H,13H2,1H3. The van der Waals surface area contributed by atoms with Crippen molar-refractivity contribution in [3.05, 3.63) is 78.4 Å². The van der Waals surface area contributed by atoms with E-state index in [0.29, 0.717) is 17.5 Å². The van der Waals surface area contributed by atoms with Gasteiger partial charge in [-0.3, -0.25) is 4.57 Å². The molecule has 4 rings (SSSR count). The van der Waals surface area contributed by atoms with E-state index in [9.17, 15) is 0 Å². The van der Waals surface area contributed by atoms with Crippen molar-refractivity contribution in [3.63, 3.8) is 0 Å². The molecule has 6 heteroatoms. The second-order valence-corrected chi connectivity index (χ2v) is 6.46. The van der Waals surface area contributed by atoms with E-state index in [1.807, 2.05) is 48.7 Å². The summed E-state index contributed by atoms with van der Waals surface area (Å²) in [5, 5.41) is 9.16. The zero-order valence-electron chi connectivity index (χ0n) is 13.7. The van der Waals surface area contributed by atoms with Crippen LogP contribution in [0, 0.1) is 6.92 Å². The number of imidazole rings is 1. The fraction of sp³-hybridized carbons (Fsp3) is 0.105. The van der Waals surface area contributed by atoms with Gasteiger partial charge in [-0.2, -0.15) is 0 Å². The molecule has 0 saturated carbocycles. The van der Waals surface area contributed by atoms with Gasteiger partial charge in [-0.1, -0.05) is 48.2 Å². The maximum absolute atomic E-state index is 5.76. The zero-order chi connectivity index (χ0) is 17.1. The smallest absolute Gasteiger partial charge is 0.247 e. The van der Waals surface area contributed by atoms with Gasteiger partial charge in [0.05, 0.1) is 11.4 Å². The van der Waals surface area contributed by atoms with Crippen molar-refractivity contribution >= 4 is 11.8 Å². The van der Waals surface area contributed by atoms with E-state index in [1.54, 1.807) is 18.0 Å². The molecular weight excluding hydrogens is 332 g/mol. The van der Waals surface area contributed by atoms with E-state index in [0.717, 1.165) is 16.4 Å². The fourth-order valence-corrected chi connectivity index (χ4v) is 3.35. The second-order valence-electron chi connectivity index (χ2n) is 5.52. The zero-order valence-corrected chi connectivity index (χ0v) is 14.5. The molecule has 5 nitrogen and oxygen atoms in total. The number of hydrogen-bond donors (Lipinski definition) is 0. The first-order valence-corrected chi connectivity index (χ1v) is 8.90. The third-order valence-electron chi connectivity index (χ3n) is 3.79. The Morgan fingerprint density at radius 2 is 1.80 bits per heavy atom. The Kier molecular flexibility index (Phi) is 4.35. The van der Waals surface area contributed by atoms with Crippen LogP contribution in [0.5, 0.6) is 0 Å². The number of rotatable bonds is 5. The van der Waals surface area contributed by atoms with E-state index in [1.165, 1.54) is 5.56 Å². The minimum Gasteiger partial charge on any atom is -0.420 e. The van der Waals surface area contributed by atoms with Gasteiger partial charge >= 0.3 is 0 Å². The molecule has 0 unspecified atom stereocenters. The predicted molar refractivity (Wildman–Crippen MR) is 97.6 cm³/mol. The van der Waals surface area contributed by atoms with Crippen molar-refractivity contribution in [2.45, 2.75) is 17.8 Å². The van der Waals surface area contributed by atoms with E-state index < -0.39 is 0 Å². The quantitative estimate of drug-likeness (QED) is 0.496. The Labute approximate surface area is 149 Å². The Bertz CT molecular complexity index is 978. The molecule has 2 heterocycles. The van der Waals surface area contributed by atoms with Gasteiger partial charge in [0, 0.05) is 18.0 Å². The maximum Gasteiger partial charge on any atom is 0.247 e. The number of aromatic nitrogens is 4. The minimum absolute atomic E-state index is 0.540. The topological polar surface area (TPSA) is 56.7 Å². The van der Waals surface area contributed by atoms with Gasteiger partial charge in [0.1, 0.15) is 0 Å². The molecular formula is C19H16N4OS. The van der Waals surface area contributed by atoms with Crippen molar-refractivity contribution in [3.8, 4) is 17.1 Å². The Morgan fingerprint density at radius 1 is 1.00 bits per heavy atom. The van der Waals surface area contributed by atoms with Crippen LogP contribution >= 0.6 is 11.8 Å². The average molecular weight is 348 g/mol. The summed E-state index contributed by atoms with van der Waals surface area (Å²) in [5.41, 5.74) is 3.25. The van der Waals surface area contributed by atoms with Crippen LogP contribution in [0.2, 0.25) is 0 Å². The molecule has 4 aromatic rings. The summed E-state index contributed by atoms with van der Waals surface area (Å²) < 4.78 is 7.84. The normalized spacial score (nSPS) is 10.9. The van der Waals surface area contributed by atoms with E-state index >= 15 is 0 Å². The SMILES string of the molecule is Cc1ccccc1-n1ccnc1SCc1nnc(-c2ccccc2)o1. The highest BCUT2D eigenvalue weighted by molar-refractivity contribution is 7.98. The Morgan fingerprint density at radius 3 is 2.64 bits per heavy atom. The van der Waals surface area contributed by atoms with Crippen LogP contribution in [0.4, 0.5) is 0 Å². The summed E-state index contributed by atoms with van der Waals surface area (Å²) in [6.45, 7) is 2.09. The predicted octanol–water partition coefficient (Wildman–Crippen LogP) is 4.52. The first kappa shape index (κ1) is 15.7. The summed E-state index contributed by atoms with van der Waals surface area (Å²) in [4.78, 5) is 4.45. The molecule has 2 aromatic heterocycles. The van der Waals surface area contributed by atoms with Gasteiger partial charge in [0.15, 0.2) is 5.16 Å². The first-order valence-electron chi connectivity index (χ1n) is 7.91. The van der Waals surface area contributed by atoms with Crippen LogP contribution < -0.4 is 0 Å². The molecule has 0 radical (unpaired) electrons. The third-order valence-corrected chi connectivity index (χ3v) is 4.75. The van der Waals surface area contributed by atoms with Gasteiger partial charge in [0.25, 0.3) is 0 Å². The van der Waals surface area contributed by atoms with Crippen LogP contribution in [0.1, 0.15) is 11.5 Å². The van der Waals surface area contributed by atoms with Crippen LogP contribution in [-0.2, 0) is 5.75 Å². The molecule has 0 saturated heterocycles. The van der Waals surface area contributed by atoms with Gasteiger partial charge in [-0.25, -0.2) is 4.98 Å². The van der Waals surface area contributed by atoms with Crippen LogP contribution in [-0.4, -0.2) is 19.7 Å². The van der Waals surface area contributed by atoms with Crippen molar-refractivity contribution < 1.29 is 4.42 Å². The molecule has 25 heavy (non-hydrogen) atoms. The molecule has 2 aromatic carbocycles. The molecule has 0 bridgehead atoms. The number of benzene rings is 2. The highest BCUT2D eigenvalue weighted by Crippen LogP contribution is 2.26. The first-order chi connectivity index (χ1) is 12.3. The lowest BCUT2D eigenvalue weighted by Gasteiger charge is -2.09. The average Bonchev–Trinajstić information content (AvgIpc) is 3.30. The monoisotopic (exact) mass is 348 g/mol. The number of thioether (sulfide) groups is 1. The molecule has 124 valence electrons. The molecule has 0 fully saturated rings. The van der Waals surface area contributed by atoms with Crippen LogP contribution in [0.3, 0.4) is 0 Å². The van der Waals surface area contributed by atoms with Gasteiger partial charge < -0.3 is 4.42 Å². The molecule has 0 aliphatic rings.